The van der Waals surface area contributed by atoms with Crippen molar-refractivity contribution in [2.24, 2.45) is 0 Å². The smallest absolute Gasteiger partial charge is 0.276 e. The second-order valence-electron chi connectivity index (χ2n) is 6.55. The lowest BCUT2D eigenvalue weighted by atomic mass is 10.0. The Morgan fingerprint density at radius 1 is 1.12 bits per heavy atom. The summed E-state index contributed by atoms with van der Waals surface area (Å²) in [5, 5.41) is 1.00. The first-order valence-corrected chi connectivity index (χ1v) is 9.68. The number of para-hydroxylation sites is 1. The van der Waals surface area contributed by atoms with Crippen LogP contribution in [0.15, 0.2) is 24.3 Å². The highest BCUT2D eigenvalue weighted by Crippen LogP contribution is 2.36. The van der Waals surface area contributed by atoms with Crippen LogP contribution < -0.4 is 0 Å². The van der Waals surface area contributed by atoms with Crippen LogP contribution in [-0.4, -0.2) is 57.3 Å². The molecule has 0 unspecified atom stereocenters. The Hall–Kier alpha value is -2.32. The standard InChI is InChI=1S/C18H20N4O3S/c1-2-21-16(23)17(24)22(18(21)25)11-20-10-6-5-8-13(20)15-19-12-7-3-4-9-14(12)26-15/h3-4,7,9,13H,2,5-6,8,10-11H2,1H3/t13-/m0/s1. The molecule has 1 aromatic heterocycles. The minimum atomic E-state index is -0.731. The molecule has 0 bridgehead atoms. The second kappa shape index (κ2) is 6.77. The van der Waals surface area contributed by atoms with E-state index in [0.29, 0.717) is 0 Å². The van der Waals surface area contributed by atoms with Gasteiger partial charge in [-0.2, -0.15) is 0 Å². The molecule has 2 saturated heterocycles. The van der Waals surface area contributed by atoms with E-state index in [1.165, 1.54) is 0 Å². The van der Waals surface area contributed by atoms with E-state index in [0.717, 1.165) is 50.8 Å². The summed E-state index contributed by atoms with van der Waals surface area (Å²) in [7, 11) is 0. The molecule has 4 amide bonds. The molecule has 7 nitrogen and oxygen atoms in total. The molecule has 2 aliphatic rings. The summed E-state index contributed by atoms with van der Waals surface area (Å²) < 4.78 is 1.13. The molecule has 0 saturated carbocycles. The molecule has 2 aliphatic heterocycles. The van der Waals surface area contributed by atoms with Gasteiger partial charge in [-0.1, -0.05) is 18.6 Å². The highest BCUT2D eigenvalue weighted by atomic mass is 32.1. The molecule has 0 N–H and O–H groups in total. The number of urea groups is 1. The molecule has 0 aliphatic carbocycles. The van der Waals surface area contributed by atoms with Gasteiger partial charge in [0.05, 0.1) is 22.9 Å². The van der Waals surface area contributed by atoms with Crippen molar-refractivity contribution in [3.8, 4) is 0 Å². The van der Waals surface area contributed by atoms with Crippen LogP contribution in [0.4, 0.5) is 4.79 Å². The number of hydrogen-bond acceptors (Lipinski definition) is 6. The molecule has 0 radical (unpaired) electrons. The number of hydrogen-bond donors (Lipinski definition) is 0. The number of likely N-dealkylation sites (N-methyl/N-ethyl adjacent to an activating group) is 1. The van der Waals surface area contributed by atoms with Crippen LogP contribution in [0.25, 0.3) is 10.2 Å². The molecule has 3 heterocycles. The van der Waals surface area contributed by atoms with Crippen LogP contribution in [0.3, 0.4) is 0 Å². The van der Waals surface area contributed by atoms with Crippen LogP contribution in [0.5, 0.6) is 0 Å². The zero-order valence-electron chi connectivity index (χ0n) is 14.6. The maximum absolute atomic E-state index is 12.4. The summed E-state index contributed by atoms with van der Waals surface area (Å²) in [6, 6.07) is 7.55. The van der Waals surface area contributed by atoms with Crippen LogP contribution in [0.2, 0.25) is 0 Å². The van der Waals surface area contributed by atoms with Gasteiger partial charge in [-0.15, -0.1) is 11.3 Å². The Labute approximate surface area is 155 Å². The number of rotatable bonds is 4. The number of carbonyl (C=O) groups excluding carboxylic acids is 3. The number of nitrogens with zero attached hydrogens (tertiary/aromatic N) is 4. The average Bonchev–Trinajstić information content (AvgIpc) is 3.17. The largest absolute Gasteiger partial charge is 0.335 e. The van der Waals surface area contributed by atoms with Gasteiger partial charge in [0.15, 0.2) is 0 Å². The Morgan fingerprint density at radius 3 is 2.62 bits per heavy atom. The molecule has 4 rings (SSSR count). The molecule has 8 heteroatoms. The number of benzene rings is 1. The van der Waals surface area contributed by atoms with Crippen molar-refractivity contribution < 1.29 is 14.4 Å². The van der Waals surface area contributed by atoms with E-state index in [-0.39, 0.29) is 19.3 Å². The van der Waals surface area contributed by atoms with Crippen molar-refractivity contribution in [3.63, 3.8) is 0 Å². The van der Waals surface area contributed by atoms with Crippen molar-refractivity contribution in [1.29, 1.82) is 0 Å². The monoisotopic (exact) mass is 372 g/mol. The topological polar surface area (TPSA) is 73.8 Å². The predicted octanol–water partition coefficient (Wildman–Crippen LogP) is 2.59. The number of piperidine rings is 1. The van der Waals surface area contributed by atoms with E-state index in [1.807, 2.05) is 18.2 Å². The fraction of sp³-hybridized carbons (Fsp3) is 0.444. The Morgan fingerprint density at radius 2 is 1.88 bits per heavy atom. The number of carbonyl (C=O) groups is 3. The molecule has 1 atom stereocenters. The summed E-state index contributed by atoms with van der Waals surface area (Å²) in [6.07, 6.45) is 3.02. The number of aromatic nitrogens is 1. The first-order chi connectivity index (χ1) is 12.6. The number of amides is 4. The second-order valence-corrected chi connectivity index (χ2v) is 7.61. The Balaban J connectivity index is 1.59. The number of likely N-dealkylation sites (tertiary alicyclic amines) is 1. The third-order valence-corrected chi connectivity index (χ3v) is 6.12. The Kier molecular flexibility index (Phi) is 4.46. The number of imide groups is 2. The minimum Gasteiger partial charge on any atom is -0.276 e. The first kappa shape index (κ1) is 17.1. The normalized spacial score (nSPS) is 22.0. The number of fused-ring (bicyclic) bond motifs is 1. The summed E-state index contributed by atoms with van der Waals surface area (Å²) in [5.74, 6) is -1.46. The van der Waals surface area contributed by atoms with Gasteiger partial charge in [-0.25, -0.2) is 14.7 Å². The van der Waals surface area contributed by atoms with Crippen molar-refractivity contribution in [1.82, 2.24) is 19.7 Å². The first-order valence-electron chi connectivity index (χ1n) is 8.87. The minimum absolute atomic E-state index is 0.0625. The van der Waals surface area contributed by atoms with E-state index in [2.05, 4.69) is 11.0 Å². The SMILES string of the molecule is CCN1C(=O)C(=O)N(CN2CCCC[C@H]2c2nc3ccccc3s2)C1=O. The van der Waals surface area contributed by atoms with Gasteiger partial charge >= 0.3 is 17.8 Å². The van der Waals surface area contributed by atoms with Gasteiger partial charge in [0.25, 0.3) is 0 Å². The van der Waals surface area contributed by atoms with Gasteiger partial charge in [-0.05, 0) is 31.9 Å². The van der Waals surface area contributed by atoms with Gasteiger partial charge in [0.1, 0.15) is 5.01 Å². The van der Waals surface area contributed by atoms with Gasteiger partial charge < -0.3 is 0 Å². The summed E-state index contributed by atoms with van der Waals surface area (Å²) >= 11 is 1.65. The van der Waals surface area contributed by atoms with Gasteiger partial charge in [-0.3, -0.25) is 19.4 Å². The lowest BCUT2D eigenvalue weighted by Crippen LogP contribution is -2.45. The molecule has 136 valence electrons. The van der Waals surface area contributed by atoms with Gasteiger partial charge in [0, 0.05) is 13.1 Å². The summed E-state index contributed by atoms with van der Waals surface area (Å²) in [6.45, 7) is 2.82. The van der Waals surface area contributed by atoms with Crippen molar-refractivity contribution >= 4 is 39.4 Å². The molecule has 2 fully saturated rings. The number of thiazole rings is 1. The van der Waals surface area contributed by atoms with Crippen molar-refractivity contribution in [2.75, 3.05) is 19.8 Å². The molecular formula is C18H20N4O3S. The zero-order chi connectivity index (χ0) is 18.3. The quantitative estimate of drug-likeness (QED) is 0.609. The van der Waals surface area contributed by atoms with Crippen LogP contribution in [0, 0.1) is 0 Å². The third kappa shape index (κ3) is 2.79. The van der Waals surface area contributed by atoms with E-state index in [9.17, 15) is 14.4 Å². The van der Waals surface area contributed by atoms with E-state index >= 15 is 0 Å². The molecule has 26 heavy (non-hydrogen) atoms. The molecule has 1 aromatic carbocycles. The Bertz CT molecular complexity index is 847. The van der Waals surface area contributed by atoms with Crippen LogP contribution in [-0.2, 0) is 9.59 Å². The van der Waals surface area contributed by atoms with E-state index in [4.69, 9.17) is 4.98 Å². The maximum Gasteiger partial charge on any atom is 0.335 e. The summed E-state index contributed by atoms with van der Waals surface area (Å²) in [5.41, 5.74) is 0.971. The van der Waals surface area contributed by atoms with Crippen LogP contribution in [0.1, 0.15) is 37.2 Å². The maximum atomic E-state index is 12.4. The fourth-order valence-electron chi connectivity index (χ4n) is 3.61. The molecule has 2 aromatic rings. The van der Waals surface area contributed by atoms with Crippen LogP contribution >= 0.6 is 11.3 Å². The molecular weight excluding hydrogens is 352 g/mol. The zero-order valence-corrected chi connectivity index (χ0v) is 15.4. The van der Waals surface area contributed by atoms with Gasteiger partial charge in [0.2, 0.25) is 0 Å². The lowest BCUT2D eigenvalue weighted by molar-refractivity contribution is -0.144. The van der Waals surface area contributed by atoms with E-state index < -0.39 is 17.8 Å². The summed E-state index contributed by atoms with van der Waals surface area (Å²) in [4.78, 5) is 45.5. The van der Waals surface area contributed by atoms with Crippen molar-refractivity contribution in [2.45, 2.75) is 32.2 Å². The highest BCUT2D eigenvalue weighted by molar-refractivity contribution is 7.18. The van der Waals surface area contributed by atoms with E-state index in [1.54, 1.807) is 18.3 Å². The van der Waals surface area contributed by atoms with Crippen molar-refractivity contribution in [3.05, 3.63) is 29.3 Å². The third-order valence-electron chi connectivity index (χ3n) is 4.98. The fourth-order valence-corrected chi connectivity index (χ4v) is 4.75. The lowest BCUT2D eigenvalue weighted by Gasteiger charge is -2.36. The average molecular weight is 372 g/mol. The predicted molar refractivity (Wildman–Crippen MR) is 97.4 cm³/mol. The molecule has 0 spiro atoms. The highest BCUT2D eigenvalue weighted by Gasteiger charge is 2.45.